The van der Waals surface area contributed by atoms with Gasteiger partial charge in [0.15, 0.2) is 11.7 Å². The molecule has 2 rings (SSSR count). The van der Waals surface area contributed by atoms with E-state index in [9.17, 15) is 0 Å². The quantitative estimate of drug-likeness (QED) is 0.251. The summed E-state index contributed by atoms with van der Waals surface area (Å²) < 4.78 is 11.0. The first-order valence-corrected chi connectivity index (χ1v) is 8.84. The van der Waals surface area contributed by atoms with Crippen molar-refractivity contribution >= 4 is 29.9 Å². The molecule has 26 heavy (non-hydrogen) atoms. The van der Waals surface area contributed by atoms with Crippen molar-refractivity contribution in [2.75, 3.05) is 19.7 Å². The number of nitrogens with zero attached hydrogens (tertiary/aromatic N) is 2. The number of guanidine groups is 1. The van der Waals surface area contributed by atoms with Crippen LogP contribution in [0.3, 0.4) is 0 Å². The number of hydrogen-bond donors (Lipinski definition) is 2. The summed E-state index contributed by atoms with van der Waals surface area (Å²) in [5.74, 6) is 2.80. The Kier molecular flexibility index (Phi) is 10.8. The summed E-state index contributed by atoms with van der Waals surface area (Å²) >= 11 is 0. The van der Waals surface area contributed by atoms with Gasteiger partial charge in [-0.25, -0.2) is 4.99 Å². The van der Waals surface area contributed by atoms with Crippen molar-refractivity contribution in [3.05, 3.63) is 47.9 Å². The van der Waals surface area contributed by atoms with Crippen molar-refractivity contribution < 1.29 is 9.26 Å². The molecule has 0 spiro atoms. The molecular formula is C19H29IN4O2. The molecule has 6 nitrogen and oxygen atoms in total. The fourth-order valence-corrected chi connectivity index (χ4v) is 2.16. The van der Waals surface area contributed by atoms with E-state index in [0.29, 0.717) is 19.1 Å². The molecule has 0 radical (unpaired) electrons. The van der Waals surface area contributed by atoms with Crippen LogP contribution in [0.1, 0.15) is 44.6 Å². The molecule has 0 saturated carbocycles. The number of rotatable bonds is 9. The van der Waals surface area contributed by atoms with E-state index in [1.54, 1.807) is 0 Å². The van der Waals surface area contributed by atoms with Crippen LogP contribution in [0, 0.1) is 0 Å². The van der Waals surface area contributed by atoms with E-state index in [0.717, 1.165) is 42.7 Å². The van der Waals surface area contributed by atoms with Gasteiger partial charge in [0.1, 0.15) is 12.3 Å². The Labute approximate surface area is 172 Å². The van der Waals surface area contributed by atoms with Crippen molar-refractivity contribution in [3.8, 4) is 5.75 Å². The van der Waals surface area contributed by atoms with Gasteiger partial charge in [0.05, 0.1) is 12.3 Å². The van der Waals surface area contributed by atoms with Crippen molar-refractivity contribution in [2.24, 2.45) is 4.99 Å². The summed E-state index contributed by atoms with van der Waals surface area (Å²) in [4.78, 5) is 4.53. The van der Waals surface area contributed by atoms with Crippen molar-refractivity contribution in [1.82, 2.24) is 15.8 Å². The van der Waals surface area contributed by atoms with Crippen LogP contribution in [0.2, 0.25) is 0 Å². The zero-order chi connectivity index (χ0) is 17.9. The Bertz CT molecular complexity index is 644. The first-order chi connectivity index (χ1) is 12.2. The lowest BCUT2D eigenvalue weighted by atomic mass is 10.1. The summed E-state index contributed by atoms with van der Waals surface area (Å²) in [6.07, 6.45) is 0.888. The predicted octanol–water partition coefficient (Wildman–Crippen LogP) is 3.94. The summed E-state index contributed by atoms with van der Waals surface area (Å²) in [6, 6.07) is 11.8. The Morgan fingerprint density at radius 3 is 2.65 bits per heavy atom. The first kappa shape index (κ1) is 22.3. The van der Waals surface area contributed by atoms with Crippen LogP contribution in [-0.4, -0.2) is 30.8 Å². The highest BCUT2D eigenvalue weighted by molar-refractivity contribution is 14.0. The fraction of sp³-hybridized carbons (Fsp3) is 0.474. The molecule has 1 aromatic heterocycles. The zero-order valence-electron chi connectivity index (χ0n) is 15.7. The van der Waals surface area contributed by atoms with E-state index in [4.69, 9.17) is 9.26 Å². The summed E-state index contributed by atoms with van der Waals surface area (Å²) in [5.41, 5.74) is 0.959. The van der Waals surface area contributed by atoms with Crippen LogP contribution in [-0.2, 0) is 6.54 Å². The Morgan fingerprint density at radius 2 is 2.00 bits per heavy atom. The molecule has 0 amide bonds. The van der Waals surface area contributed by atoms with Crippen LogP contribution in [0.4, 0.5) is 0 Å². The molecule has 0 fully saturated rings. The SMILES string of the molecule is CCNC(=NCc1cc(C(C)C)no1)NCCCOc1ccccc1.I. The molecule has 0 bridgehead atoms. The van der Waals surface area contributed by atoms with Gasteiger partial charge in [-0.2, -0.15) is 0 Å². The zero-order valence-corrected chi connectivity index (χ0v) is 18.0. The third-order valence-corrected chi connectivity index (χ3v) is 3.53. The molecule has 2 N–H and O–H groups in total. The van der Waals surface area contributed by atoms with E-state index in [2.05, 4.69) is 34.6 Å². The minimum atomic E-state index is 0. The minimum absolute atomic E-state index is 0. The molecule has 7 heteroatoms. The number of hydrogen-bond acceptors (Lipinski definition) is 4. The number of nitrogens with one attached hydrogen (secondary N) is 2. The first-order valence-electron chi connectivity index (χ1n) is 8.84. The molecule has 0 saturated heterocycles. The highest BCUT2D eigenvalue weighted by atomic mass is 127. The van der Waals surface area contributed by atoms with Gasteiger partial charge < -0.3 is 19.9 Å². The maximum atomic E-state index is 5.68. The maximum absolute atomic E-state index is 5.68. The van der Waals surface area contributed by atoms with Crippen LogP contribution < -0.4 is 15.4 Å². The fourth-order valence-electron chi connectivity index (χ4n) is 2.16. The van der Waals surface area contributed by atoms with Gasteiger partial charge in [0, 0.05) is 19.2 Å². The van der Waals surface area contributed by atoms with Gasteiger partial charge in [-0.3, -0.25) is 0 Å². The van der Waals surface area contributed by atoms with Gasteiger partial charge in [-0.15, -0.1) is 24.0 Å². The average molecular weight is 472 g/mol. The van der Waals surface area contributed by atoms with Crippen LogP contribution in [0.25, 0.3) is 0 Å². The summed E-state index contributed by atoms with van der Waals surface area (Å²) in [6.45, 7) is 8.95. The second-order valence-electron chi connectivity index (χ2n) is 6.01. The maximum Gasteiger partial charge on any atom is 0.191 e. The second-order valence-corrected chi connectivity index (χ2v) is 6.01. The van der Waals surface area contributed by atoms with Gasteiger partial charge in [-0.1, -0.05) is 37.2 Å². The van der Waals surface area contributed by atoms with E-state index in [1.165, 1.54) is 0 Å². The van der Waals surface area contributed by atoms with Gasteiger partial charge in [0.25, 0.3) is 0 Å². The van der Waals surface area contributed by atoms with Crippen molar-refractivity contribution in [1.29, 1.82) is 0 Å². The third-order valence-electron chi connectivity index (χ3n) is 3.53. The normalized spacial score (nSPS) is 11.2. The lowest BCUT2D eigenvalue weighted by Gasteiger charge is -2.11. The smallest absolute Gasteiger partial charge is 0.191 e. The number of aliphatic imine (C=N–C) groups is 1. The summed E-state index contributed by atoms with van der Waals surface area (Å²) in [7, 11) is 0. The van der Waals surface area contributed by atoms with Crippen LogP contribution in [0.15, 0.2) is 45.9 Å². The number of aromatic nitrogens is 1. The van der Waals surface area contributed by atoms with Gasteiger partial charge in [-0.05, 0) is 31.4 Å². The largest absolute Gasteiger partial charge is 0.494 e. The summed E-state index contributed by atoms with van der Waals surface area (Å²) in [5, 5.41) is 10.6. The number of para-hydroxylation sites is 1. The minimum Gasteiger partial charge on any atom is -0.494 e. The predicted molar refractivity (Wildman–Crippen MR) is 115 cm³/mol. The van der Waals surface area contributed by atoms with Crippen molar-refractivity contribution in [2.45, 2.75) is 39.7 Å². The van der Waals surface area contributed by atoms with Crippen LogP contribution >= 0.6 is 24.0 Å². The topological polar surface area (TPSA) is 71.7 Å². The van der Waals surface area contributed by atoms with Crippen LogP contribution in [0.5, 0.6) is 5.75 Å². The van der Waals surface area contributed by atoms with E-state index >= 15 is 0 Å². The average Bonchev–Trinajstić information content (AvgIpc) is 3.09. The molecular weight excluding hydrogens is 443 g/mol. The standard InChI is InChI=1S/C19H28N4O2.HI/c1-4-20-19(22-14-17-13-18(15(2)3)23-25-17)21-11-8-12-24-16-9-6-5-7-10-16;/h5-7,9-10,13,15H,4,8,11-12,14H2,1-3H3,(H2,20,21,22);1H. The van der Waals surface area contributed by atoms with E-state index < -0.39 is 0 Å². The molecule has 0 aliphatic heterocycles. The molecule has 1 heterocycles. The molecule has 0 aliphatic rings. The third kappa shape index (κ3) is 8.07. The number of ether oxygens (including phenoxy) is 1. The monoisotopic (exact) mass is 472 g/mol. The van der Waals surface area contributed by atoms with Crippen molar-refractivity contribution in [3.63, 3.8) is 0 Å². The highest BCUT2D eigenvalue weighted by Gasteiger charge is 2.07. The number of halogens is 1. The molecule has 0 unspecified atom stereocenters. The highest BCUT2D eigenvalue weighted by Crippen LogP contribution is 2.14. The Balaban J connectivity index is 0.00000338. The van der Waals surface area contributed by atoms with Gasteiger partial charge >= 0.3 is 0 Å². The molecule has 1 aromatic carbocycles. The molecule has 0 atom stereocenters. The Hall–Kier alpha value is -1.77. The van der Waals surface area contributed by atoms with E-state index in [-0.39, 0.29) is 24.0 Å². The molecule has 0 aliphatic carbocycles. The molecule has 144 valence electrons. The lowest BCUT2D eigenvalue weighted by molar-refractivity contribution is 0.311. The Morgan fingerprint density at radius 1 is 1.23 bits per heavy atom. The van der Waals surface area contributed by atoms with Gasteiger partial charge in [0.2, 0.25) is 0 Å². The number of benzene rings is 1. The lowest BCUT2D eigenvalue weighted by Crippen LogP contribution is -2.38. The van der Waals surface area contributed by atoms with E-state index in [1.807, 2.05) is 43.3 Å². The molecule has 2 aromatic rings. The second kappa shape index (κ2) is 12.6.